The van der Waals surface area contributed by atoms with E-state index in [1.54, 1.807) is 11.3 Å². The van der Waals surface area contributed by atoms with E-state index in [9.17, 15) is 0 Å². The maximum absolute atomic E-state index is 9.02. The van der Waals surface area contributed by atoms with Gasteiger partial charge in [-0.25, -0.2) is 0 Å². The Kier molecular flexibility index (Phi) is 1.87. The first-order valence-electron chi connectivity index (χ1n) is 3.89. The zero-order chi connectivity index (χ0) is 8.55. The molecule has 2 aromatic rings. The lowest BCUT2D eigenvalue weighted by Crippen LogP contribution is -1.87. The lowest BCUT2D eigenvalue weighted by atomic mass is 10.1. The Morgan fingerprint density at radius 1 is 1.33 bits per heavy atom. The summed E-state index contributed by atoms with van der Waals surface area (Å²) >= 11 is 1.74. The van der Waals surface area contributed by atoms with Gasteiger partial charge in [-0.1, -0.05) is 6.07 Å². The summed E-state index contributed by atoms with van der Waals surface area (Å²) in [6.07, 6.45) is 0. The van der Waals surface area contributed by atoms with Gasteiger partial charge in [-0.3, -0.25) is 0 Å². The summed E-state index contributed by atoms with van der Waals surface area (Å²) in [5, 5.41) is 12.4. The first kappa shape index (κ1) is 7.77. The van der Waals surface area contributed by atoms with E-state index in [4.69, 9.17) is 5.11 Å². The van der Waals surface area contributed by atoms with Gasteiger partial charge in [-0.15, -0.1) is 11.3 Å². The van der Waals surface area contributed by atoms with Crippen LogP contribution in [0.2, 0.25) is 0 Å². The van der Waals surface area contributed by atoms with Gasteiger partial charge in [0, 0.05) is 4.70 Å². The average molecular weight is 178 g/mol. The minimum Gasteiger partial charge on any atom is -0.392 e. The summed E-state index contributed by atoms with van der Waals surface area (Å²) in [5.41, 5.74) is 2.23. The fourth-order valence-corrected chi connectivity index (χ4v) is 2.25. The summed E-state index contributed by atoms with van der Waals surface area (Å²) in [5.74, 6) is 0. The van der Waals surface area contributed by atoms with Crippen molar-refractivity contribution in [2.45, 2.75) is 13.5 Å². The van der Waals surface area contributed by atoms with Crippen molar-refractivity contribution in [3.63, 3.8) is 0 Å². The van der Waals surface area contributed by atoms with E-state index in [2.05, 4.69) is 24.4 Å². The molecule has 0 aliphatic heterocycles. The molecule has 0 aliphatic rings. The molecule has 1 nitrogen and oxygen atoms in total. The van der Waals surface area contributed by atoms with E-state index in [0.29, 0.717) is 0 Å². The number of fused-ring (bicyclic) bond motifs is 1. The highest BCUT2D eigenvalue weighted by Crippen LogP contribution is 2.26. The van der Waals surface area contributed by atoms with E-state index >= 15 is 0 Å². The summed E-state index contributed by atoms with van der Waals surface area (Å²) in [6, 6.07) is 6.17. The predicted molar refractivity (Wildman–Crippen MR) is 52.5 cm³/mol. The van der Waals surface area contributed by atoms with Gasteiger partial charge in [-0.05, 0) is 40.9 Å². The van der Waals surface area contributed by atoms with E-state index in [1.165, 1.54) is 15.6 Å². The van der Waals surface area contributed by atoms with Gasteiger partial charge in [0.15, 0.2) is 0 Å². The van der Waals surface area contributed by atoms with Crippen LogP contribution in [0.4, 0.5) is 0 Å². The molecular formula is C10H10OS. The summed E-state index contributed by atoms with van der Waals surface area (Å²) in [4.78, 5) is 0. The lowest BCUT2D eigenvalue weighted by Gasteiger charge is -2.02. The van der Waals surface area contributed by atoms with Crippen LogP contribution in [0.5, 0.6) is 0 Å². The Balaban J connectivity index is 2.78. The van der Waals surface area contributed by atoms with Gasteiger partial charge in [0.25, 0.3) is 0 Å². The molecule has 0 atom stereocenters. The smallest absolute Gasteiger partial charge is 0.0684 e. The zero-order valence-corrected chi connectivity index (χ0v) is 7.69. The fourth-order valence-electron chi connectivity index (χ4n) is 1.41. The Bertz CT molecular complexity index is 403. The molecular weight excluding hydrogens is 168 g/mol. The fraction of sp³-hybridized carbons (Fsp3) is 0.200. The third kappa shape index (κ3) is 1.04. The Morgan fingerprint density at radius 3 is 2.92 bits per heavy atom. The van der Waals surface area contributed by atoms with Crippen molar-refractivity contribution in [3.05, 3.63) is 34.7 Å². The molecule has 2 rings (SSSR count). The van der Waals surface area contributed by atoms with Crippen LogP contribution in [0.3, 0.4) is 0 Å². The monoisotopic (exact) mass is 178 g/mol. The molecule has 0 radical (unpaired) electrons. The first-order valence-corrected chi connectivity index (χ1v) is 4.77. The minimum absolute atomic E-state index is 0.137. The quantitative estimate of drug-likeness (QED) is 0.711. The number of rotatable bonds is 1. The molecule has 1 N–H and O–H groups in total. The molecule has 0 fully saturated rings. The van der Waals surface area contributed by atoms with Gasteiger partial charge in [0.2, 0.25) is 0 Å². The third-order valence-electron chi connectivity index (χ3n) is 2.19. The second-order valence-electron chi connectivity index (χ2n) is 2.84. The first-order chi connectivity index (χ1) is 5.83. The molecule has 0 spiro atoms. The molecule has 0 bridgehead atoms. The molecule has 1 aromatic heterocycles. The molecule has 12 heavy (non-hydrogen) atoms. The molecule has 0 saturated heterocycles. The number of thiophene rings is 1. The number of hydrogen-bond acceptors (Lipinski definition) is 2. The van der Waals surface area contributed by atoms with Crippen molar-refractivity contribution in [3.8, 4) is 0 Å². The van der Waals surface area contributed by atoms with E-state index < -0.39 is 0 Å². The maximum atomic E-state index is 9.02. The number of aliphatic hydroxyl groups excluding tert-OH is 1. The largest absolute Gasteiger partial charge is 0.392 e. The normalized spacial score (nSPS) is 10.8. The van der Waals surface area contributed by atoms with Crippen molar-refractivity contribution in [2.24, 2.45) is 0 Å². The molecule has 1 aromatic carbocycles. The molecule has 62 valence electrons. The second-order valence-corrected chi connectivity index (χ2v) is 3.79. The average Bonchev–Trinajstić information content (AvgIpc) is 2.53. The number of hydrogen-bond donors (Lipinski definition) is 1. The minimum atomic E-state index is 0.137. The highest BCUT2D eigenvalue weighted by Gasteiger charge is 2.02. The van der Waals surface area contributed by atoms with Gasteiger partial charge >= 0.3 is 0 Å². The molecule has 1 heterocycles. The van der Waals surface area contributed by atoms with Crippen LogP contribution in [0.1, 0.15) is 11.1 Å². The van der Waals surface area contributed by atoms with Gasteiger partial charge in [0.1, 0.15) is 0 Å². The molecule has 2 heteroatoms. The molecule has 0 amide bonds. The van der Waals surface area contributed by atoms with E-state index in [1.807, 2.05) is 6.07 Å². The van der Waals surface area contributed by atoms with E-state index in [0.717, 1.165) is 5.56 Å². The predicted octanol–water partition coefficient (Wildman–Crippen LogP) is 2.70. The van der Waals surface area contributed by atoms with Crippen LogP contribution in [0.25, 0.3) is 10.1 Å². The summed E-state index contributed by atoms with van der Waals surface area (Å²) < 4.78 is 1.30. The molecule has 0 unspecified atom stereocenters. The Morgan fingerprint density at radius 2 is 2.17 bits per heavy atom. The Hall–Kier alpha value is -0.860. The topological polar surface area (TPSA) is 20.2 Å². The number of benzene rings is 1. The van der Waals surface area contributed by atoms with Crippen LogP contribution < -0.4 is 0 Å². The molecule has 0 aliphatic carbocycles. The van der Waals surface area contributed by atoms with Gasteiger partial charge in [0.05, 0.1) is 6.61 Å². The Labute approximate surface area is 75.3 Å². The third-order valence-corrected chi connectivity index (χ3v) is 3.07. The molecule has 0 saturated carbocycles. The van der Waals surface area contributed by atoms with Crippen molar-refractivity contribution in [2.75, 3.05) is 0 Å². The van der Waals surface area contributed by atoms with Crippen LogP contribution in [-0.4, -0.2) is 5.11 Å². The number of aliphatic hydroxyl groups is 1. The van der Waals surface area contributed by atoms with Crippen LogP contribution in [-0.2, 0) is 6.61 Å². The van der Waals surface area contributed by atoms with Crippen molar-refractivity contribution < 1.29 is 5.11 Å². The van der Waals surface area contributed by atoms with Crippen LogP contribution in [0.15, 0.2) is 23.6 Å². The maximum Gasteiger partial charge on any atom is 0.0684 e. The van der Waals surface area contributed by atoms with Gasteiger partial charge in [-0.2, -0.15) is 0 Å². The SMILES string of the molecule is Cc1c(CO)ccc2sccc12. The summed E-state index contributed by atoms with van der Waals surface area (Å²) in [6.45, 7) is 2.19. The zero-order valence-electron chi connectivity index (χ0n) is 6.87. The van der Waals surface area contributed by atoms with Gasteiger partial charge < -0.3 is 5.11 Å². The van der Waals surface area contributed by atoms with Crippen molar-refractivity contribution in [1.82, 2.24) is 0 Å². The highest BCUT2D eigenvalue weighted by molar-refractivity contribution is 7.17. The van der Waals surface area contributed by atoms with Crippen molar-refractivity contribution >= 4 is 21.4 Å². The number of aryl methyl sites for hydroxylation is 1. The summed E-state index contributed by atoms with van der Waals surface area (Å²) in [7, 11) is 0. The second kappa shape index (κ2) is 2.88. The van der Waals surface area contributed by atoms with Crippen LogP contribution in [0, 0.1) is 6.92 Å². The van der Waals surface area contributed by atoms with Crippen molar-refractivity contribution in [1.29, 1.82) is 0 Å². The van der Waals surface area contributed by atoms with E-state index in [-0.39, 0.29) is 6.61 Å². The highest BCUT2D eigenvalue weighted by atomic mass is 32.1. The lowest BCUT2D eigenvalue weighted by molar-refractivity contribution is 0.281. The van der Waals surface area contributed by atoms with Crippen LogP contribution >= 0.6 is 11.3 Å². The standard InChI is InChI=1S/C10H10OS/c1-7-8(6-11)2-3-10-9(7)4-5-12-10/h2-5,11H,6H2,1H3.